The van der Waals surface area contributed by atoms with Gasteiger partial charge in [0.2, 0.25) is 5.91 Å². The molecular formula is C17H19N3O2S. The molecule has 1 amide bonds. The minimum atomic E-state index is -0.138. The van der Waals surface area contributed by atoms with E-state index in [4.69, 9.17) is 0 Å². The second kappa shape index (κ2) is 6.20. The highest BCUT2D eigenvalue weighted by Crippen LogP contribution is 2.32. The quantitative estimate of drug-likeness (QED) is 0.880. The minimum Gasteiger partial charge on any atom is -0.326 e. The highest BCUT2D eigenvalue weighted by molar-refractivity contribution is 7.99. The number of fused-ring (bicyclic) bond motifs is 1. The van der Waals surface area contributed by atoms with Crippen LogP contribution in [0.3, 0.4) is 0 Å². The highest BCUT2D eigenvalue weighted by Gasteiger charge is 2.27. The van der Waals surface area contributed by atoms with Gasteiger partial charge in [0.25, 0.3) is 5.56 Å². The largest absolute Gasteiger partial charge is 0.326 e. The third-order valence-corrected chi connectivity index (χ3v) is 5.22. The molecule has 0 radical (unpaired) electrons. The Kier molecular flexibility index (Phi) is 4.26. The molecule has 2 aromatic rings. The van der Waals surface area contributed by atoms with Crippen LogP contribution in [-0.4, -0.2) is 21.2 Å². The van der Waals surface area contributed by atoms with Gasteiger partial charge in [0.15, 0.2) is 5.16 Å². The molecule has 1 aliphatic rings. The van der Waals surface area contributed by atoms with Gasteiger partial charge in [-0.1, -0.05) is 17.8 Å². The molecule has 3 rings (SSSR count). The number of aryl methyl sites for hydroxylation is 3. The predicted molar refractivity (Wildman–Crippen MR) is 92.2 cm³/mol. The van der Waals surface area contributed by atoms with Crippen LogP contribution in [0.25, 0.3) is 0 Å². The fourth-order valence-corrected chi connectivity index (χ4v) is 3.72. The van der Waals surface area contributed by atoms with Crippen molar-refractivity contribution in [2.24, 2.45) is 0 Å². The van der Waals surface area contributed by atoms with E-state index < -0.39 is 0 Å². The zero-order valence-corrected chi connectivity index (χ0v) is 14.2. The number of nitrogens with one attached hydrogen (secondary N) is 1. The van der Waals surface area contributed by atoms with E-state index in [-0.39, 0.29) is 23.9 Å². The van der Waals surface area contributed by atoms with Crippen LogP contribution in [0.4, 0.5) is 5.69 Å². The molecule has 5 nitrogen and oxygen atoms in total. The normalized spacial score (nSPS) is 16.2. The van der Waals surface area contributed by atoms with Crippen LogP contribution in [0.5, 0.6) is 0 Å². The molecule has 1 atom stereocenters. The Labute approximate surface area is 139 Å². The van der Waals surface area contributed by atoms with Crippen LogP contribution in [0.15, 0.2) is 34.3 Å². The average molecular weight is 329 g/mol. The molecule has 1 aliphatic heterocycles. The Morgan fingerprint density at radius 2 is 2.09 bits per heavy atom. The highest BCUT2D eigenvalue weighted by atomic mass is 32.2. The van der Waals surface area contributed by atoms with Crippen LogP contribution in [0.1, 0.15) is 29.2 Å². The van der Waals surface area contributed by atoms with E-state index in [0.717, 1.165) is 11.3 Å². The van der Waals surface area contributed by atoms with Crippen molar-refractivity contribution in [2.75, 3.05) is 11.1 Å². The Morgan fingerprint density at radius 1 is 1.30 bits per heavy atom. The summed E-state index contributed by atoms with van der Waals surface area (Å²) in [4.78, 5) is 28.9. The van der Waals surface area contributed by atoms with Crippen LogP contribution in [0.2, 0.25) is 0 Å². The maximum absolute atomic E-state index is 12.3. The Balaban J connectivity index is 1.74. The lowest BCUT2D eigenvalue weighted by molar-refractivity contribution is -0.116. The average Bonchev–Trinajstić information content (AvgIpc) is 2.90. The van der Waals surface area contributed by atoms with Crippen molar-refractivity contribution in [3.63, 3.8) is 0 Å². The summed E-state index contributed by atoms with van der Waals surface area (Å²) in [7, 11) is 0. The maximum atomic E-state index is 12.3. The standard InChI is InChI=1S/C17H19N3O2S/c1-10-4-5-13(6-11(10)2)19-15(21)7-14-9-23-17-18-8-12(3)16(22)20(14)17/h4-6,8,14H,7,9H2,1-3H3,(H,19,21). The Bertz CT molecular complexity index is 829. The van der Waals surface area contributed by atoms with Crippen LogP contribution in [0, 0.1) is 20.8 Å². The van der Waals surface area contributed by atoms with Gasteiger partial charge in [-0.05, 0) is 44.0 Å². The number of benzene rings is 1. The number of hydrogen-bond donors (Lipinski definition) is 1. The van der Waals surface area contributed by atoms with Crippen molar-refractivity contribution < 1.29 is 4.79 Å². The molecule has 1 aromatic heterocycles. The number of anilines is 1. The number of amides is 1. The van der Waals surface area contributed by atoms with Crippen molar-refractivity contribution in [1.29, 1.82) is 0 Å². The second-order valence-electron chi connectivity index (χ2n) is 5.92. The molecule has 6 heteroatoms. The Hall–Kier alpha value is -2.08. The Morgan fingerprint density at radius 3 is 2.83 bits per heavy atom. The molecule has 23 heavy (non-hydrogen) atoms. The van der Waals surface area contributed by atoms with Crippen molar-refractivity contribution in [2.45, 2.75) is 38.4 Å². The fraction of sp³-hybridized carbons (Fsp3) is 0.353. The van der Waals surface area contributed by atoms with Crippen molar-refractivity contribution in [1.82, 2.24) is 9.55 Å². The summed E-state index contributed by atoms with van der Waals surface area (Å²) in [5.41, 5.74) is 3.68. The monoisotopic (exact) mass is 329 g/mol. The first kappa shape index (κ1) is 15.8. The van der Waals surface area contributed by atoms with Gasteiger partial charge in [-0.15, -0.1) is 0 Å². The third-order valence-electron chi connectivity index (χ3n) is 4.11. The first-order valence-corrected chi connectivity index (χ1v) is 8.52. The first-order valence-electron chi connectivity index (χ1n) is 7.54. The number of nitrogens with zero attached hydrogens (tertiary/aromatic N) is 2. The van der Waals surface area contributed by atoms with Crippen LogP contribution < -0.4 is 10.9 Å². The summed E-state index contributed by atoms with van der Waals surface area (Å²) in [5, 5.41) is 3.62. The van der Waals surface area contributed by atoms with E-state index in [1.54, 1.807) is 17.7 Å². The third kappa shape index (κ3) is 3.17. The predicted octanol–water partition coefficient (Wildman–Crippen LogP) is 2.84. The smallest absolute Gasteiger partial charge is 0.257 e. The van der Waals surface area contributed by atoms with Crippen molar-refractivity contribution in [3.8, 4) is 0 Å². The number of aromatic nitrogens is 2. The lowest BCUT2D eigenvalue weighted by atomic mass is 10.1. The number of carbonyl (C=O) groups is 1. The summed E-state index contributed by atoms with van der Waals surface area (Å²) in [6, 6.07) is 5.71. The molecule has 1 N–H and O–H groups in total. The molecule has 0 fully saturated rings. The number of hydrogen-bond acceptors (Lipinski definition) is 4. The van der Waals surface area contributed by atoms with Crippen LogP contribution >= 0.6 is 11.8 Å². The molecule has 120 valence electrons. The zero-order chi connectivity index (χ0) is 16.6. The molecule has 1 aromatic carbocycles. The summed E-state index contributed by atoms with van der Waals surface area (Å²) in [6.45, 7) is 5.80. The van der Waals surface area contributed by atoms with Crippen molar-refractivity contribution in [3.05, 3.63) is 51.4 Å². The van der Waals surface area contributed by atoms with Gasteiger partial charge in [-0.25, -0.2) is 4.98 Å². The molecular weight excluding hydrogens is 310 g/mol. The summed E-state index contributed by atoms with van der Waals surface area (Å²) in [5.74, 6) is 0.617. The van der Waals surface area contributed by atoms with Gasteiger partial charge >= 0.3 is 0 Å². The molecule has 2 heterocycles. The maximum Gasteiger partial charge on any atom is 0.257 e. The van der Waals surface area contributed by atoms with Gasteiger partial charge in [0.1, 0.15) is 0 Å². The fourth-order valence-electron chi connectivity index (χ4n) is 2.62. The summed E-state index contributed by atoms with van der Waals surface area (Å²) < 4.78 is 1.65. The zero-order valence-electron chi connectivity index (χ0n) is 13.4. The number of thioether (sulfide) groups is 1. The van der Waals surface area contributed by atoms with Gasteiger partial charge in [0, 0.05) is 29.6 Å². The molecule has 0 bridgehead atoms. The van der Waals surface area contributed by atoms with Gasteiger partial charge < -0.3 is 5.32 Å². The molecule has 0 saturated carbocycles. The second-order valence-corrected chi connectivity index (χ2v) is 6.90. The van der Waals surface area contributed by atoms with Gasteiger partial charge in [0.05, 0.1) is 6.04 Å². The van der Waals surface area contributed by atoms with E-state index in [9.17, 15) is 9.59 Å². The van der Waals surface area contributed by atoms with E-state index in [1.807, 2.05) is 32.0 Å². The number of carbonyl (C=O) groups excluding carboxylic acids is 1. The van der Waals surface area contributed by atoms with E-state index in [0.29, 0.717) is 16.5 Å². The van der Waals surface area contributed by atoms with Gasteiger partial charge in [-0.3, -0.25) is 14.2 Å². The van der Waals surface area contributed by atoms with E-state index in [1.165, 1.54) is 17.3 Å². The van der Waals surface area contributed by atoms with Crippen molar-refractivity contribution >= 4 is 23.4 Å². The topological polar surface area (TPSA) is 64.0 Å². The number of rotatable bonds is 3. The lowest BCUT2D eigenvalue weighted by Gasteiger charge is -2.14. The SMILES string of the molecule is Cc1ccc(NC(=O)CC2CSc3ncc(C)c(=O)n32)cc1C. The molecule has 0 spiro atoms. The summed E-state index contributed by atoms with van der Waals surface area (Å²) >= 11 is 1.52. The summed E-state index contributed by atoms with van der Waals surface area (Å²) in [6.07, 6.45) is 1.87. The minimum absolute atomic E-state index is 0.0519. The van der Waals surface area contributed by atoms with E-state index >= 15 is 0 Å². The van der Waals surface area contributed by atoms with Gasteiger partial charge in [-0.2, -0.15) is 0 Å². The van der Waals surface area contributed by atoms with E-state index in [2.05, 4.69) is 10.3 Å². The molecule has 0 saturated heterocycles. The van der Waals surface area contributed by atoms with Crippen LogP contribution in [-0.2, 0) is 4.79 Å². The first-order chi connectivity index (χ1) is 11.0. The lowest BCUT2D eigenvalue weighted by Crippen LogP contribution is -2.28. The molecule has 0 aliphatic carbocycles. The molecule has 1 unspecified atom stereocenters.